The Balaban J connectivity index is 1.36. The topological polar surface area (TPSA) is 58.3 Å². The van der Waals surface area contributed by atoms with Gasteiger partial charge in [0.05, 0.1) is 11.1 Å². The molecule has 0 unspecified atom stereocenters. The van der Waals surface area contributed by atoms with E-state index in [2.05, 4.69) is 26.9 Å². The van der Waals surface area contributed by atoms with Gasteiger partial charge in [0.2, 0.25) is 0 Å². The SMILES string of the molecule is Cc1cc(CN2CCN(c3ncnc4sc5c(c34)CC[C@@H](C)C5)CC2)no1. The van der Waals surface area contributed by atoms with Crippen LogP contribution in [-0.4, -0.2) is 46.2 Å². The summed E-state index contributed by atoms with van der Waals surface area (Å²) < 4.78 is 5.19. The molecule has 142 valence electrons. The van der Waals surface area contributed by atoms with Crippen molar-refractivity contribution in [2.75, 3.05) is 31.1 Å². The molecule has 0 spiro atoms. The van der Waals surface area contributed by atoms with Crippen molar-refractivity contribution in [3.63, 3.8) is 0 Å². The molecule has 1 fully saturated rings. The predicted octanol–water partition coefficient (Wildman–Crippen LogP) is 3.43. The van der Waals surface area contributed by atoms with Crippen LogP contribution in [0.3, 0.4) is 0 Å². The van der Waals surface area contributed by atoms with Crippen molar-refractivity contribution in [3.8, 4) is 0 Å². The highest BCUT2D eigenvalue weighted by atomic mass is 32.1. The van der Waals surface area contributed by atoms with Crippen LogP contribution in [0, 0.1) is 12.8 Å². The van der Waals surface area contributed by atoms with Gasteiger partial charge in [-0.1, -0.05) is 12.1 Å². The second-order valence-electron chi connectivity index (χ2n) is 7.92. The van der Waals surface area contributed by atoms with Gasteiger partial charge in [0.25, 0.3) is 0 Å². The summed E-state index contributed by atoms with van der Waals surface area (Å²) in [5.41, 5.74) is 2.54. The van der Waals surface area contributed by atoms with Crippen LogP contribution in [-0.2, 0) is 19.4 Å². The Morgan fingerprint density at radius 3 is 2.85 bits per heavy atom. The molecule has 0 bridgehead atoms. The fourth-order valence-corrected chi connectivity index (χ4v) is 5.68. The maximum absolute atomic E-state index is 5.19. The molecule has 1 saturated heterocycles. The molecule has 3 aromatic heterocycles. The van der Waals surface area contributed by atoms with E-state index >= 15 is 0 Å². The first-order chi connectivity index (χ1) is 13.2. The van der Waals surface area contributed by atoms with Crippen molar-refractivity contribution in [1.29, 1.82) is 0 Å². The number of aryl methyl sites for hydroxylation is 2. The van der Waals surface area contributed by atoms with Crippen LogP contribution in [0.2, 0.25) is 0 Å². The molecular formula is C20H25N5OS. The van der Waals surface area contributed by atoms with Gasteiger partial charge >= 0.3 is 0 Å². The van der Waals surface area contributed by atoms with Crippen LogP contribution in [0.1, 0.15) is 35.2 Å². The van der Waals surface area contributed by atoms with E-state index in [9.17, 15) is 0 Å². The van der Waals surface area contributed by atoms with Crippen molar-refractivity contribution >= 4 is 27.4 Å². The Hall–Kier alpha value is -1.99. The molecule has 1 aliphatic carbocycles. The Labute approximate surface area is 163 Å². The van der Waals surface area contributed by atoms with Crippen LogP contribution in [0.4, 0.5) is 5.82 Å². The van der Waals surface area contributed by atoms with Gasteiger partial charge in [-0.15, -0.1) is 11.3 Å². The zero-order valence-electron chi connectivity index (χ0n) is 15.9. The molecule has 7 heteroatoms. The zero-order chi connectivity index (χ0) is 18.4. The normalized spacial score (nSPS) is 21.0. The third kappa shape index (κ3) is 3.23. The monoisotopic (exact) mass is 383 g/mol. The second-order valence-corrected chi connectivity index (χ2v) is 9.00. The molecule has 0 amide bonds. The maximum Gasteiger partial charge on any atom is 0.141 e. The number of thiophene rings is 1. The summed E-state index contributed by atoms with van der Waals surface area (Å²) in [6, 6.07) is 2.03. The second kappa shape index (κ2) is 6.87. The van der Waals surface area contributed by atoms with Crippen LogP contribution in [0.15, 0.2) is 16.9 Å². The van der Waals surface area contributed by atoms with E-state index in [0.717, 1.165) is 55.9 Å². The molecule has 27 heavy (non-hydrogen) atoms. The van der Waals surface area contributed by atoms with E-state index in [1.54, 1.807) is 6.33 Å². The molecule has 6 nitrogen and oxygen atoms in total. The van der Waals surface area contributed by atoms with E-state index in [1.807, 2.05) is 24.3 Å². The molecule has 2 aliphatic rings. The number of aromatic nitrogens is 3. The minimum atomic E-state index is 0.783. The molecule has 1 atom stereocenters. The summed E-state index contributed by atoms with van der Waals surface area (Å²) in [5.74, 6) is 2.80. The fourth-order valence-electron chi connectivity index (χ4n) is 4.34. The van der Waals surface area contributed by atoms with Gasteiger partial charge in [-0.2, -0.15) is 0 Å². The Kier molecular flexibility index (Phi) is 4.36. The highest BCUT2D eigenvalue weighted by molar-refractivity contribution is 7.19. The molecule has 1 aliphatic heterocycles. The predicted molar refractivity (Wildman–Crippen MR) is 107 cm³/mol. The third-order valence-electron chi connectivity index (χ3n) is 5.81. The lowest BCUT2D eigenvalue weighted by Gasteiger charge is -2.35. The number of rotatable bonds is 3. The number of nitrogens with zero attached hydrogens (tertiary/aromatic N) is 5. The molecule has 3 aromatic rings. The number of hydrogen-bond acceptors (Lipinski definition) is 7. The smallest absolute Gasteiger partial charge is 0.141 e. The van der Waals surface area contributed by atoms with Crippen molar-refractivity contribution in [2.24, 2.45) is 5.92 Å². The quantitative estimate of drug-likeness (QED) is 0.691. The van der Waals surface area contributed by atoms with Gasteiger partial charge in [-0.3, -0.25) is 4.90 Å². The number of piperazine rings is 1. The average Bonchev–Trinajstić information content (AvgIpc) is 3.24. The van der Waals surface area contributed by atoms with E-state index in [-0.39, 0.29) is 0 Å². The largest absolute Gasteiger partial charge is 0.361 e. The summed E-state index contributed by atoms with van der Waals surface area (Å²) in [7, 11) is 0. The van der Waals surface area contributed by atoms with E-state index in [4.69, 9.17) is 9.51 Å². The molecule has 0 saturated carbocycles. The molecule has 0 aromatic carbocycles. The lowest BCUT2D eigenvalue weighted by molar-refractivity contribution is 0.241. The Bertz CT molecular complexity index is 957. The number of fused-ring (bicyclic) bond motifs is 3. The molecule has 4 heterocycles. The summed E-state index contributed by atoms with van der Waals surface area (Å²) in [5, 5.41) is 5.45. The zero-order valence-corrected chi connectivity index (χ0v) is 16.8. The summed E-state index contributed by atoms with van der Waals surface area (Å²) in [4.78, 5) is 16.9. The van der Waals surface area contributed by atoms with Crippen LogP contribution >= 0.6 is 11.3 Å². The number of hydrogen-bond donors (Lipinski definition) is 0. The minimum absolute atomic E-state index is 0.783. The van der Waals surface area contributed by atoms with Gasteiger partial charge < -0.3 is 9.42 Å². The fraction of sp³-hybridized carbons (Fsp3) is 0.550. The van der Waals surface area contributed by atoms with E-state index in [0.29, 0.717) is 0 Å². The van der Waals surface area contributed by atoms with Crippen molar-refractivity contribution in [1.82, 2.24) is 20.0 Å². The van der Waals surface area contributed by atoms with Gasteiger partial charge in [-0.05, 0) is 37.7 Å². The van der Waals surface area contributed by atoms with Crippen molar-refractivity contribution in [2.45, 2.75) is 39.7 Å². The molecule has 0 radical (unpaired) electrons. The maximum atomic E-state index is 5.19. The first kappa shape index (κ1) is 17.1. The third-order valence-corrected chi connectivity index (χ3v) is 6.97. The van der Waals surface area contributed by atoms with Crippen molar-refractivity contribution < 1.29 is 4.52 Å². The lowest BCUT2D eigenvalue weighted by Crippen LogP contribution is -2.46. The van der Waals surface area contributed by atoms with Gasteiger partial charge in [-0.25, -0.2) is 9.97 Å². The standard InChI is InChI=1S/C20H25N5OS/c1-13-3-4-16-17(9-13)27-20-18(16)19(21-12-22-20)25-7-5-24(6-8-25)11-15-10-14(2)26-23-15/h10,12-13H,3-9,11H2,1-2H3/t13-/m1/s1. The van der Waals surface area contributed by atoms with Crippen LogP contribution in [0.25, 0.3) is 10.2 Å². The summed E-state index contributed by atoms with van der Waals surface area (Å²) in [6.07, 6.45) is 5.38. The van der Waals surface area contributed by atoms with Gasteiger partial charge in [0, 0.05) is 43.7 Å². The Morgan fingerprint density at radius 2 is 2.07 bits per heavy atom. The first-order valence-corrected chi connectivity index (χ1v) is 10.6. The molecular weight excluding hydrogens is 358 g/mol. The van der Waals surface area contributed by atoms with Crippen molar-refractivity contribution in [3.05, 3.63) is 34.3 Å². The highest BCUT2D eigenvalue weighted by Gasteiger charge is 2.26. The van der Waals surface area contributed by atoms with E-state index in [1.165, 1.54) is 39.9 Å². The minimum Gasteiger partial charge on any atom is -0.361 e. The van der Waals surface area contributed by atoms with Gasteiger partial charge in [0.1, 0.15) is 22.7 Å². The molecule has 5 rings (SSSR count). The average molecular weight is 384 g/mol. The lowest BCUT2D eigenvalue weighted by atomic mass is 9.89. The Morgan fingerprint density at radius 1 is 1.22 bits per heavy atom. The highest BCUT2D eigenvalue weighted by Crippen LogP contribution is 2.40. The summed E-state index contributed by atoms with van der Waals surface area (Å²) in [6.45, 7) is 9.16. The summed E-state index contributed by atoms with van der Waals surface area (Å²) >= 11 is 1.88. The number of anilines is 1. The van der Waals surface area contributed by atoms with Crippen LogP contribution < -0.4 is 4.90 Å². The van der Waals surface area contributed by atoms with Gasteiger partial charge in [0.15, 0.2) is 0 Å². The first-order valence-electron chi connectivity index (χ1n) is 9.82. The van der Waals surface area contributed by atoms with Crippen LogP contribution in [0.5, 0.6) is 0 Å². The molecule has 0 N–H and O–H groups in total. The van der Waals surface area contributed by atoms with E-state index < -0.39 is 0 Å².